The van der Waals surface area contributed by atoms with Crippen LogP contribution in [0.25, 0.3) is 16.6 Å². The number of para-hydroxylation sites is 1. The first-order valence-electron chi connectivity index (χ1n) is 7.47. The average molecular weight is 340 g/mol. The van der Waals surface area contributed by atoms with Gasteiger partial charge in [0.15, 0.2) is 0 Å². The van der Waals surface area contributed by atoms with E-state index in [9.17, 15) is 9.90 Å². The molecule has 2 aromatic carbocycles. The Hall–Kier alpha value is -2.92. The van der Waals surface area contributed by atoms with Crippen LogP contribution in [0.15, 0.2) is 59.5 Å². The molecule has 0 aliphatic heterocycles. The number of benzene rings is 2. The van der Waals surface area contributed by atoms with Crippen molar-refractivity contribution in [2.75, 3.05) is 0 Å². The highest BCUT2D eigenvalue weighted by molar-refractivity contribution is 6.30. The van der Waals surface area contributed by atoms with Crippen molar-refractivity contribution in [2.24, 2.45) is 0 Å². The van der Waals surface area contributed by atoms with Crippen LogP contribution in [0.1, 0.15) is 11.3 Å². The number of aromatic hydroxyl groups is 1. The van der Waals surface area contributed by atoms with Crippen molar-refractivity contribution < 1.29 is 5.11 Å². The van der Waals surface area contributed by atoms with Gasteiger partial charge in [-0.3, -0.25) is 0 Å². The van der Waals surface area contributed by atoms with Crippen LogP contribution in [0.2, 0.25) is 5.02 Å². The van der Waals surface area contributed by atoms with E-state index in [1.54, 1.807) is 24.3 Å². The third kappa shape index (κ3) is 2.39. The first kappa shape index (κ1) is 14.7. The van der Waals surface area contributed by atoms with Gasteiger partial charge in [0, 0.05) is 28.5 Å². The fourth-order valence-corrected chi connectivity index (χ4v) is 3.02. The Balaban J connectivity index is 1.76. The predicted molar refractivity (Wildman–Crippen MR) is 94.2 cm³/mol. The lowest BCUT2D eigenvalue weighted by Gasteiger charge is -2.04. The van der Waals surface area contributed by atoms with Crippen molar-refractivity contribution in [2.45, 2.75) is 6.42 Å². The van der Waals surface area contributed by atoms with Crippen LogP contribution < -0.4 is 5.69 Å². The fourth-order valence-electron chi connectivity index (χ4n) is 2.89. The second kappa shape index (κ2) is 5.62. The highest BCUT2D eigenvalue weighted by Crippen LogP contribution is 2.25. The van der Waals surface area contributed by atoms with E-state index in [1.807, 2.05) is 30.5 Å². The Labute approximate surface area is 142 Å². The van der Waals surface area contributed by atoms with Gasteiger partial charge in [-0.15, -0.1) is 0 Å². The Morgan fingerprint density at radius 3 is 2.62 bits per heavy atom. The molecule has 0 aliphatic rings. The summed E-state index contributed by atoms with van der Waals surface area (Å²) in [6, 6.07) is 14.6. The van der Waals surface area contributed by atoms with E-state index in [1.165, 1.54) is 4.57 Å². The van der Waals surface area contributed by atoms with Gasteiger partial charge >= 0.3 is 5.69 Å². The zero-order valence-electron chi connectivity index (χ0n) is 12.6. The van der Waals surface area contributed by atoms with Crippen LogP contribution in [0, 0.1) is 0 Å². The molecule has 2 heterocycles. The predicted octanol–water partition coefficient (Wildman–Crippen LogP) is 3.60. The standard InChI is InChI=1S/C18H14ClN3O2/c19-12-5-7-13(8-6-12)22-17(23)16(21-18(22)24)9-11-10-20-15-4-2-1-3-14(11)15/h1-8,10,20,23H,9H2,(H,21,24). The third-order valence-corrected chi connectivity index (χ3v) is 4.32. The van der Waals surface area contributed by atoms with Gasteiger partial charge in [0.2, 0.25) is 5.88 Å². The number of hydrogen-bond acceptors (Lipinski definition) is 2. The van der Waals surface area contributed by atoms with Crippen molar-refractivity contribution in [3.05, 3.63) is 81.5 Å². The molecule has 0 saturated carbocycles. The molecule has 0 radical (unpaired) electrons. The summed E-state index contributed by atoms with van der Waals surface area (Å²) in [7, 11) is 0. The summed E-state index contributed by atoms with van der Waals surface area (Å²) in [6.07, 6.45) is 2.31. The van der Waals surface area contributed by atoms with E-state index >= 15 is 0 Å². The molecule has 0 bridgehead atoms. The Morgan fingerprint density at radius 1 is 1.08 bits per heavy atom. The lowest BCUT2D eigenvalue weighted by atomic mass is 10.1. The lowest BCUT2D eigenvalue weighted by molar-refractivity contribution is 0.435. The minimum atomic E-state index is -0.385. The summed E-state index contributed by atoms with van der Waals surface area (Å²) in [5, 5.41) is 12.1. The summed E-state index contributed by atoms with van der Waals surface area (Å²) in [5.74, 6) is -0.0902. The number of aromatic nitrogens is 3. The van der Waals surface area contributed by atoms with Crippen LogP contribution in [0.5, 0.6) is 5.88 Å². The Morgan fingerprint density at radius 2 is 1.83 bits per heavy atom. The topological polar surface area (TPSA) is 73.8 Å². The van der Waals surface area contributed by atoms with Gasteiger partial charge in [-0.05, 0) is 35.9 Å². The van der Waals surface area contributed by atoms with Gasteiger partial charge in [-0.1, -0.05) is 29.8 Å². The van der Waals surface area contributed by atoms with Gasteiger partial charge in [0.25, 0.3) is 0 Å². The smallest absolute Gasteiger partial charge is 0.333 e. The van der Waals surface area contributed by atoms with Crippen molar-refractivity contribution in [3.63, 3.8) is 0 Å². The number of nitrogens with one attached hydrogen (secondary N) is 2. The summed E-state index contributed by atoms with van der Waals surface area (Å²) >= 11 is 5.87. The first-order chi connectivity index (χ1) is 11.6. The maximum atomic E-state index is 12.2. The third-order valence-electron chi connectivity index (χ3n) is 4.07. The molecule has 0 fully saturated rings. The van der Waals surface area contributed by atoms with E-state index in [0.29, 0.717) is 22.8 Å². The Bertz CT molecular complexity index is 1070. The number of imidazole rings is 1. The maximum absolute atomic E-state index is 12.2. The molecule has 0 unspecified atom stereocenters. The molecule has 0 aliphatic carbocycles. The molecule has 6 heteroatoms. The molecule has 24 heavy (non-hydrogen) atoms. The molecule has 4 rings (SSSR count). The summed E-state index contributed by atoms with van der Waals surface area (Å²) in [6.45, 7) is 0. The van der Waals surface area contributed by atoms with E-state index in [2.05, 4.69) is 9.97 Å². The molecule has 0 spiro atoms. The molecule has 120 valence electrons. The number of rotatable bonds is 3. The molecular formula is C18H14ClN3O2. The number of halogens is 1. The largest absolute Gasteiger partial charge is 0.493 e. The minimum Gasteiger partial charge on any atom is -0.493 e. The number of nitrogens with zero attached hydrogens (tertiary/aromatic N) is 1. The van der Waals surface area contributed by atoms with Crippen LogP contribution in [0.4, 0.5) is 0 Å². The Kier molecular flexibility index (Phi) is 3.43. The van der Waals surface area contributed by atoms with Crippen LogP contribution in [-0.4, -0.2) is 19.6 Å². The number of fused-ring (bicyclic) bond motifs is 1. The number of aromatic amines is 2. The van der Waals surface area contributed by atoms with Crippen molar-refractivity contribution >= 4 is 22.5 Å². The quantitative estimate of drug-likeness (QED) is 0.533. The van der Waals surface area contributed by atoms with Gasteiger partial charge in [0.1, 0.15) is 0 Å². The van der Waals surface area contributed by atoms with Gasteiger partial charge in [0.05, 0.1) is 11.4 Å². The monoisotopic (exact) mass is 339 g/mol. The highest BCUT2D eigenvalue weighted by Gasteiger charge is 2.16. The summed E-state index contributed by atoms with van der Waals surface area (Å²) < 4.78 is 1.24. The summed E-state index contributed by atoms with van der Waals surface area (Å²) in [5.41, 5.74) is 2.67. The first-order valence-corrected chi connectivity index (χ1v) is 7.85. The van der Waals surface area contributed by atoms with E-state index in [-0.39, 0.29) is 11.6 Å². The molecule has 0 saturated heterocycles. The fraction of sp³-hybridized carbons (Fsp3) is 0.0556. The SMILES string of the molecule is O=c1[nH]c(Cc2c[nH]c3ccccc23)c(O)n1-c1ccc(Cl)cc1. The van der Waals surface area contributed by atoms with Crippen molar-refractivity contribution in [1.82, 2.24) is 14.5 Å². The molecule has 5 nitrogen and oxygen atoms in total. The van der Waals surface area contributed by atoms with Crippen LogP contribution in [0.3, 0.4) is 0 Å². The zero-order valence-corrected chi connectivity index (χ0v) is 13.3. The van der Waals surface area contributed by atoms with Crippen LogP contribution in [-0.2, 0) is 6.42 Å². The highest BCUT2D eigenvalue weighted by atomic mass is 35.5. The van der Waals surface area contributed by atoms with E-state index < -0.39 is 0 Å². The molecule has 2 aromatic heterocycles. The molecular weight excluding hydrogens is 326 g/mol. The van der Waals surface area contributed by atoms with Crippen molar-refractivity contribution in [1.29, 1.82) is 0 Å². The number of H-pyrrole nitrogens is 2. The normalized spacial score (nSPS) is 11.2. The van der Waals surface area contributed by atoms with Crippen LogP contribution >= 0.6 is 11.6 Å². The van der Waals surface area contributed by atoms with Gasteiger partial charge in [-0.25, -0.2) is 9.36 Å². The van der Waals surface area contributed by atoms with Gasteiger partial charge < -0.3 is 15.1 Å². The lowest BCUT2D eigenvalue weighted by Crippen LogP contribution is -2.14. The average Bonchev–Trinajstić information content (AvgIpc) is 3.11. The van der Waals surface area contributed by atoms with E-state index in [0.717, 1.165) is 16.5 Å². The zero-order chi connectivity index (χ0) is 16.7. The number of hydrogen-bond donors (Lipinski definition) is 3. The molecule has 0 amide bonds. The molecule has 3 N–H and O–H groups in total. The van der Waals surface area contributed by atoms with E-state index in [4.69, 9.17) is 11.6 Å². The summed E-state index contributed by atoms with van der Waals surface area (Å²) in [4.78, 5) is 18.2. The second-order valence-corrected chi connectivity index (χ2v) is 6.02. The molecule has 0 atom stereocenters. The molecule has 4 aromatic rings. The van der Waals surface area contributed by atoms with Gasteiger partial charge in [-0.2, -0.15) is 0 Å². The second-order valence-electron chi connectivity index (χ2n) is 5.58. The maximum Gasteiger partial charge on any atom is 0.333 e. The van der Waals surface area contributed by atoms with Crippen molar-refractivity contribution in [3.8, 4) is 11.6 Å². The minimum absolute atomic E-state index is 0.0902.